The van der Waals surface area contributed by atoms with Crippen molar-refractivity contribution in [1.29, 1.82) is 0 Å². The lowest BCUT2D eigenvalue weighted by atomic mass is 10.1. The van der Waals surface area contributed by atoms with Gasteiger partial charge in [0.2, 0.25) is 0 Å². The number of aromatic nitrogens is 1. The number of carbonyl (C=O) groups excluding carboxylic acids is 1. The second kappa shape index (κ2) is 8.02. The summed E-state index contributed by atoms with van der Waals surface area (Å²) in [7, 11) is 0. The first kappa shape index (κ1) is 17.3. The van der Waals surface area contributed by atoms with Gasteiger partial charge in [0.05, 0.1) is 17.7 Å². The van der Waals surface area contributed by atoms with E-state index >= 15 is 0 Å². The topological polar surface area (TPSA) is 51.2 Å². The number of carbonyl (C=O) groups is 1. The molecule has 0 unspecified atom stereocenters. The third-order valence-electron chi connectivity index (χ3n) is 2.88. The highest BCUT2D eigenvalue weighted by atomic mass is 19.4. The number of amides is 1. The standard InChI is InChI=1S/C17H13F3N2O2/c18-17(19,20)15-8-10-21-11-14(15)7-4-9-22-16(23)24-12-13-5-2-1-3-6-13/h1-3,5-6,8,10-11H,9,12H2,(H,22,23). The van der Waals surface area contributed by atoms with Crippen molar-refractivity contribution in [2.45, 2.75) is 12.8 Å². The smallest absolute Gasteiger partial charge is 0.417 e. The maximum absolute atomic E-state index is 12.8. The highest BCUT2D eigenvalue weighted by Gasteiger charge is 2.32. The van der Waals surface area contributed by atoms with E-state index in [0.29, 0.717) is 0 Å². The van der Waals surface area contributed by atoms with E-state index in [-0.39, 0.29) is 18.7 Å². The van der Waals surface area contributed by atoms with Crippen molar-refractivity contribution >= 4 is 6.09 Å². The molecule has 2 rings (SSSR count). The predicted octanol–water partition coefficient (Wildman–Crippen LogP) is 3.38. The number of rotatable bonds is 3. The minimum Gasteiger partial charge on any atom is -0.445 e. The van der Waals surface area contributed by atoms with Crippen LogP contribution in [0.25, 0.3) is 0 Å². The molecule has 0 fully saturated rings. The zero-order chi connectivity index (χ0) is 17.4. The minimum atomic E-state index is -4.50. The molecule has 7 heteroatoms. The van der Waals surface area contributed by atoms with E-state index in [0.717, 1.165) is 24.0 Å². The van der Waals surface area contributed by atoms with Gasteiger partial charge in [0.25, 0.3) is 0 Å². The largest absolute Gasteiger partial charge is 0.445 e. The summed E-state index contributed by atoms with van der Waals surface area (Å²) in [4.78, 5) is 15.1. The summed E-state index contributed by atoms with van der Waals surface area (Å²) in [5.74, 6) is 4.79. The third-order valence-corrected chi connectivity index (χ3v) is 2.88. The van der Waals surface area contributed by atoms with Crippen LogP contribution in [0.3, 0.4) is 0 Å². The lowest BCUT2D eigenvalue weighted by Crippen LogP contribution is -2.24. The van der Waals surface area contributed by atoms with Crippen LogP contribution in [-0.4, -0.2) is 17.6 Å². The van der Waals surface area contributed by atoms with Gasteiger partial charge in [0, 0.05) is 12.4 Å². The van der Waals surface area contributed by atoms with Crippen molar-refractivity contribution in [3.63, 3.8) is 0 Å². The third kappa shape index (κ3) is 5.32. The molecule has 1 aromatic carbocycles. The summed E-state index contributed by atoms with van der Waals surface area (Å²) in [5, 5.41) is 2.34. The number of ether oxygens (including phenoxy) is 1. The van der Waals surface area contributed by atoms with E-state index in [9.17, 15) is 18.0 Å². The summed E-state index contributed by atoms with van der Waals surface area (Å²) in [5.41, 5.74) is -0.287. The molecule has 1 amide bonds. The number of nitrogens with zero attached hydrogens (tertiary/aromatic N) is 1. The van der Waals surface area contributed by atoms with Gasteiger partial charge in [-0.05, 0) is 11.6 Å². The highest BCUT2D eigenvalue weighted by molar-refractivity contribution is 5.67. The Morgan fingerprint density at radius 2 is 1.96 bits per heavy atom. The van der Waals surface area contributed by atoms with Crippen LogP contribution in [0.5, 0.6) is 0 Å². The number of hydrogen-bond acceptors (Lipinski definition) is 3. The fourth-order valence-corrected chi connectivity index (χ4v) is 1.77. The van der Waals surface area contributed by atoms with Gasteiger partial charge in [0.1, 0.15) is 6.61 Å². The maximum atomic E-state index is 12.8. The van der Waals surface area contributed by atoms with Gasteiger partial charge in [-0.15, -0.1) is 0 Å². The van der Waals surface area contributed by atoms with Gasteiger partial charge in [-0.3, -0.25) is 4.98 Å². The second-order valence-electron chi connectivity index (χ2n) is 4.64. The van der Waals surface area contributed by atoms with Crippen molar-refractivity contribution < 1.29 is 22.7 Å². The molecule has 0 bridgehead atoms. The molecule has 24 heavy (non-hydrogen) atoms. The fourth-order valence-electron chi connectivity index (χ4n) is 1.77. The summed E-state index contributed by atoms with van der Waals surface area (Å²) in [6, 6.07) is 9.92. The van der Waals surface area contributed by atoms with Crippen molar-refractivity contribution in [3.05, 3.63) is 65.5 Å². The van der Waals surface area contributed by atoms with Gasteiger partial charge < -0.3 is 10.1 Å². The van der Waals surface area contributed by atoms with Crippen molar-refractivity contribution in [2.24, 2.45) is 0 Å². The first-order valence-electron chi connectivity index (χ1n) is 6.91. The van der Waals surface area contributed by atoms with Crippen LogP contribution in [0.15, 0.2) is 48.8 Å². The zero-order valence-corrected chi connectivity index (χ0v) is 12.4. The number of alkyl carbamates (subject to hydrolysis) is 1. The number of nitrogens with one attached hydrogen (secondary N) is 1. The molecule has 1 N–H and O–H groups in total. The average molecular weight is 334 g/mol. The van der Waals surface area contributed by atoms with E-state index in [4.69, 9.17) is 4.74 Å². The zero-order valence-electron chi connectivity index (χ0n) is 12.4. The average Bonchev–Trinajstić information content (AvgIpc) is 2.57. The molecule has 4 nitrogen and oxygen atoms in total. The number of pyridine rings is 1. The molecule has 0 spiro atoms. The molecule has 0 aliphatic carbocycles. The monoisotopic (exact) mass is 334 g/mol. The van der Waals surface area contributed by atoms with Gasteiger partial charge in [-0.2, -0.15) is 13.2 Å². The summed E-state index contributed by atoms with van der Waals surface area (Å²) < 4.78 is 43.2. The van der Waals surface area contributed by atoms with Gasteiger partial charge >= 0.3 is 12.3 Å². The van der Waals surface area contributed by atoms with E-state index < -0.39 is 17.8 Å². The second-order valence-corrected chi connectivity index (χ2v) is 4.64. The van der Waals surface area contributed by atoms with Crippen LogP contribution in [-0.2, 0) is 17.5 Å². The Kier molecular flexibility index (Phi) is 5.79. The Balaban J connectivity index is 1.85. The molecule has 0 radical (unpaired) electrons. The Hall–Kier alpha value is -3.01. The van der Waals surface area contributed by atoms with Gasteiger partial charge in [-0.25, -0.2) is 4.79 Å². The number of hydrogen-bond donors (Lipinski definition) is 1. The Bertz CT molecular complexity index is 750. The molecule has 0 aliphatic rings. The number of benzene rings is 1. The predicted molar refractivity (Wildman–Crippen MR) is 80.7 cm³/mol. The molecular formula is C17H13F3N2O2. The Labute approximate surface area is 136 Å². The maximum Gasteiger partial charge on any atom is 0.417 e. The number of alkyl halides is 3. The van der Waals surface area contributed by atoms with Crippen LogP contribution in [0, 0.1) is 11.8 Å². The first-order valence-corrected chi connectivity index (χ1v) is 6.91. The normalized spacial score (nSPS) is 10.5. The lowest BCUT2D eigenvalue weighted by molar-refractivity contribution is -0.137. The SMILES string of the molecule is O=C(NCC#Cc1cnccc1C(F)(F)F)OCc1ccccc1. The van der Waals surface area contributed by atoms with E-state index in [1.807, 2.05) is 18.2 Å². The first-order chi connectivity index (χ1) is 11.5. The van der Waals surface area contributed by atoms with Crippen LogP contribution >= 0.6 is 0 Å². The van der Waals surface area contributed by atoms with Crippen LogP contribution in [0.2, 0.25) is 0 Å². The molecular weight excluding hydrogens is 321 g/mol. The van der Waals surface area contributed by atoms with Gasteiger partial charge in [0.15, 0.2) is 0 Å². The van der Waals surface area contributed by atoms with Crippen LogP contribution in [0.1, 0.15) is 16.7 Å². The molecule has 0 saturated carbocycles. The summed E-state index contributed by atoms with van der Waals surface area (Å²) in [6.07, 6.45) is -3.12. The summed E-state index contributed by atoms with van der Waals surface area (Å²) in [6.45, 7) is -0.0409. The Morgan fingerprint density at radius 1 is 1.21 bits per heavy atom. The molecule has 124 valence electrons. The van der Waals surface area contributed by atoms with Crippen LogP contribution in [0.4, 0.5) is 18.0 Å². The van der Waals surface area contributed by atoms with Crippen molar-refractivity contribution in [2.75, 3.05) is 6.54 Å². The van der Waals surface area contributed by atoms with Gasteiger partial charge in [-0.1, -0.05) is 42.2 Å². The van der Waals surface area contributed by atoms with Crippen LogP contribution < -0.4 is 5.32 Å². The molecule has 0 aliphatic heterocycles. The molecule has 0 saturated heterocycles. The molecule has 1 aromatic heterocycles. The minimum absolute atomic E-state index is 0.0981. The highest BCUT2D eigenvalue weighted by Crippen LogP contribution is 2.30. The molecule has 1 heterocycles. The molecule has 0 atom stereocenters. The van der Waals surface area contributed by atoms with Crippen molar-refractivity contribution in [3.8, 4) is 11.8 Å². The van der Waals surface area contributed by atoms with E-state index in [1.54, 1.807) is 12.1 Å². The van der Waals surface area contributed by atoms with E-state index in [2.05, 4.69) is 22.1 Å². The Morgan fingerprint density at radius 3 is 2.67 bits per heavy atom. The number of halogens is 3. The quantitative estimate of drug-likeness (QED) is 0.876. The fraction of sp³-hybridized carbons (Fsp3) is 0.176. The lowest BCUT2D eigenvalue weighted by Gasteiger charge is -2.07. The summed E-state index contributed by atoms with van der Waals surface area (Å²) >= 11 is 0. The van der Waals surface area contributed by atoms with Crippen molar-refractivity contribution in [1.82, 2.24) is 10.3 Å². The molecule has 2 aromatic rings. The van der Waals surface area contributed by atoms with E-state index in [1.165, 1.54) is 0 Å².